The lowest BCUT2D eigenvalue weighted by molar-refractivity contribution is 0.668. The minimum absolute atomic E-state index is 0.799. The van der Waals surface area contributed by atoms with Crippen LogP contribution >= 0.6 is 0 Å². The molecule has 4 heterocycles. The van der Waals surface area contributed by atoms with Crippen LogP contribution in [0.4, 0.5) is 17.2 Å². The highest BCUT2D eigenvalue weighted by molar-refractivity contribution is 6.16. The van der Waals surface area contributed by atoms with Gasteiger partial charge in [0, 0.05) is 35.1 Å². The van der Waals surface area contributed by atoms with Gasteiger partial charge in [-0.3, -0.25) is 9.88 Å². The van der Waals surface area contributed by atoms with Crippen LogP contribution in [0.5, 0.6) is 0 Å². The topological polar surface area (TPSA) is 55.3 Å². The highest BCUT2D eigenvalue weighted by Crippen LogP contribution is 2.45. The summed E-state index contributed by atoms with van der Waals surface area (Å²) >= 11 is 0. The van der Waals surface area contributed by atoms with E-state index in [1.165, 1.54) is 0 Å². The molecule has 0 spiro atoms. The molecule has 156 valence electrons. The number of fused-ring (bicyclic) bond motifs is 6. The smallest absolute Gasteiger partial charge is 0.149 e. The predicted molar refractivity (Wildman–Crippen MR) is 131 cm³/mol. The highest BCUT2D eigenvalue weighted by atomic mass is 16.3. The third-order valence-electron chi connectivity index (χ3n) is 6.01. The Morgan fingerprint density at radius 2 is 1.30 bits per heavy atom. The number of hydrogen-bond donors (Lipinski definition) is 0. The molecule has 0 saturated carbocycles. The first-order valence-corrected chi connectivity index (χ1v) is 10.8. The molecule has 33 heavy (non-hydrogen) atoms. The summed E-state index contributed by atoms with van der Waals surface area (Å²) in [6, 6.07) is 28.2. The molecule has 0 aliphatic carbocycles. The van der Waals surface area contributed by atoms with Gasteiger partial charge in [-0.05, 0) is 42.5 Å². The standard InChI is InChI=1S/C28H17N3O2/c1-2-7-18(8-3-1)31(21-10-6-12-24-26(21)20-17-29-15-13-23(20)33-24)28-27-19-9-4-5-11-22(19)32-25(27)14-16-30-28/h1-17H. The molecule has 3 aromatic carbocycles. The molecule has 7 rings (SSSR count). The van der Waals surface area contributed by atoms with Gasteiger partial charge in [-0.25, -0.2) is 4.98 Å². The van der Waals surface area contributed by atoms with Gasteiger partial charge in [0.1, 0.15) is 28.1 Å². The molecule has 4 aromatic heterocycles. The number of para-hydroxylation sites is 2. The Balaban J connectivity index is 1.62. The van der Waals surface area contributed by atoms with Crippen LogP contribution in [0.2, 0.25) is 0 Å². The van der Waals surface area contributed by atoms with Crippen LogP contribution in [0, 0.1) is 0 Å². The normalized spacial score (nSPS) is 11.6. The van der Waals surface area contributed by atoms with Gasteiger partial charge < -0.3 is 8.83 Å². The van der Waals surface area contributed by atoms with Crippen LogP contribution in [0.1, 0.15) is 0 Å². The molecule has 0 amide bonds. The van der Waals surface area contributed by atoms with Gasteiger partial charge in [-0.2, -0.15) is 0 Å². The van der Waals surface area contributed by atoms with Crippen LogP contribution in [0.3, 0.4) is 0 Å². The Labute approximate surface area is 188 Å². The predicted octanol–water partition coefficient (Wildman–Crippen LogP) is 7.75. The lowest BCUT2D eigenvalue weighted by Crippen LogP contribution is -2.12. The van der Waals surface area contributed by atoms with Gasteiger partial charge in [0.25, 0.3) is 0 Å². The first-order valence-electron chi connectivity index (χ1n) is 10.8. The van der Waals surface area contributed by atoms with E-state index < -0.39 is 0 Å². The molecule has 0 saturated heterocycles. The summed E-state index contributed by atoms with van der Waals surface area (Å²) in [5.74, 6) is 0.800. The van der Waals surface area contributed by atoms with E-state index in [4.69, 9.17) is 13.8 Å². The maximum Gasteiger partial charge on any atom is 0.149 e. The number of nitrogens with zero attached hydrogens (tertiary/aromatic N) is 3. The Bertz CT molecular complexity index is 1670. The molecule has 0 aliphatic rings. The molecule has 7 aromatic rings. The summed E-state index contributed by atoms with van der Waals surface area (Å²) in [6.07, 6.45) is 5.40. The van der Waals surface area contributed by atoms with Crippen molar-refractivity contribution in [3.63, 3.8) is 0 Å². The molecule has 0 radical (unpaired) electrons. The van der Waals surface area contributed by atoms with Crippen molar-refractivity contribution in [3.8, 4) is 0 Å². The van der Waals surface area contributed by atoms with Gasteiger partial charge >= 0.3 is 0 Å². The molecular formula is C28H17N3O2. The average molecular weight is 427 g/mol. The summed E-state index contributed by atoms with van der Waals surface area (Å²) in [6.45, 7) is 0. The molecular weight excluding hydrogens is 410 g/mol. The molecule has 5 heteroatoms. The van der Waals surface area contributed by atoms with Crippen molar-refractivity contribution in [2.45, 2.75) is 0 Å². The largest absolute Gasteiger partial charge is 0.456 e. The Hall–Kier alpha value is -4.64. The van der Waals surface area contributed by atoms with Crippen LogP contribution in [-0.2, 0) is 0 Å². The first-order chi connectivity index (χ1) is 16.4. The van der Waals surface area contributed by atoms with Gasteiger partial charge in [0.05, 0.1) is 16.5 Å². The van der Waals surface area contributed by atoms with Crippen LogP contribution in [0.15, 0.2) is 112 Å². The van der Waals surface area contributed by atoms with Crippen molar-refractivity contribution in [2.75, 3.05) is 4.90 Å². The Kier molecular flexibility index (Phi) is 3.78. The highest BCUT2D eigenvalue weighted by Gasteiger charge is 2.23. The van der Waals surface area contributed by atoms with Crippen molar-refractivity contribution in [3.05, 3.63) is 104 Å². The van der Waals surface area contributed by atoms with Crippen LogP contribution in [0.25, 0.3) is 43.9 Å². The molecule has 0 aliphatic heterocycles. The number of rotatable bonds is 3. The number of hydrogen-bond acceptors (Lipinski definition) is 5. The minimum Gasteiger partial charge on any atom is -0.456 e. The zero-order chi connectivity index (χ0) is 21.8. The van der Waals surface area contributed by atoms with Gasteiger partial charge in [-0.15, -0.1) is 0 Å². The summed E-state index contributed by atoms with van der Waals surface area (Å²) in [5, 5.41) is 3.96. The monoisotopic (exact) mass is 427 g/mol. The molecule has 0 unspecified atom stereocenters. The summed E-state index contributed by atoms with van der Waals surface area (Å²) in [5.41, 5.74) is 5.21. The second-order valence-corrected chi connectivity index (χ2v) is 7.90. The fourth-order valence-electron chi connectivity index (χ4n) is 4.61. The lowest BCUT2D eigenvalue weighted by Gasteiger charge is -2.25. The Morgan fingerprint density at radius 3 is 2.21 bits per heavy atom. The van der Waals surface area contributed by atoms with Gasteiger partial charge in [-0.1, -0.05) is 42.5 Å². The van der Waals surface area contributed by atoms with E-state index in [1.807, 2.05) is 66.9 Å². The molecule has 5 nitrogen and oxygen atoms in total. The number of benzene rings is 3. The van der Waals surface area contributed by atoms with Crippen LogP contribution < -0.4 is 4.90 Å². The zero-order valence-electron chi connectivity index (χ0n) is 17.5. The lowest BCUT2D eigenvalue weighted by atomic mass is 10.1. The molecule has 0 N–H and O–H groups in total. The Morgan fingerprint density at radius 1 is 0.576 bits per heavy atom. The number of pyridine rings is 2. The summed E-state index contributed by atoms with van der Waals surface area (Å²) in [7, 11) is 0. The number of furan rings is 2. The van der Waals surface area contributed by atoms with Gasteiger partial charge in [0.2, 0.25) is 0 Å². The van der Waals surface area contributed by atoms with E-state index in [1.54, 1.807) is 12.4 Å². The fourth-order valence-corrected chi connectivity index (χ4v) is 4.61. The minimum atomic E-state index is 0.799. The SMILES string of the molecule is c1ccc(N(c2cccc3oc4ccncc4c23)c2nccc3oc4ccccc4c23)cc1. The van der Waals surface area contributed by atoms with Crippen LogP contribution in [-0.4, -0.2) is 9.97 Å². The van der Waals surface area contributed by atoms with E-state index in [9.17, 15) is 0 Å². The van der Waals surface area contributed by atoms with E-state index in [0.29, 0.717) is 0 Å². The zero-order valence-corrected chi connectivity index (χ0v) is 17.5. The summed E-state index contributed by atoms with van der Waals surface area (Å²) in [4.78, 5) is 11.4. The van der Waals surface area contributed by atoms with E-state index in [-0.39, 0.29) is 0 Å². The van der Waals surface area contributed by atoms with Gasteiger partial charge in [0.15, 0.2) is 0 Å². The third kappa shape index (κ3) is 2.66. The molecule has 0 fully saturated rings. The second kappa shape index (κ2) is 6.93. The van der Waals surface area contributed by atoms with Crippen molar-refractivity contribution in [2.24, 2.45) is 0 Å². The maximum atomic E-state index is 6.16. The summed E-state index contributed by atoms with van der Waals surface area (Å²) < 4.78 is 12.3. The van der Waals surface area contributed by atoms with E-state index >= 15 is 0 Å². The second-order valence-electron chi connectivity index (χ2n) is 7.90. The quantitative estimate of drug-likeness (QED) is 0.289. The number of anilines is 3. The fraction of sp³-hybridized carbons (Fsp3) is 0. The van der Waals surface area contributed by atoms with Crippen molar-refractivity contribution < 1.29 is 8.83 Å². The van der Waals surface area contributed by atoms with Crippen molar-refractivity contribution in [1.82, 2.24) is 9.97 Å². The number of aromatic nitrogens is 2. The van der Waals surface area contributed by atoms with Crippen molar-refractivity contribution in [1.29, 1.82) is 0 Å². The van der Waals surface area contributed by atoms with E-state index in [0.717, 1.165) is 61.1 Å². The van der Waals surface area contributed by atoms with E-state index in [2.05, 4.69) is 34.1 Å². The third-order valence-corrected chi connectivity index (χ3v) is 6.01. The molecule has 0 atom stereocenters. The average Bonchev–Trinajstić information content (AvgIpc) is 3.44. The maximum absolute atomic E-state index is 6.16. The first kappa shape index (κ1) is 18.0. The van der Waals surface area contributed by atoms with Crippen molar-refractivity contribution >= 4 is 61.1 Å². The molecule has 0 bridgehead atoms.